The van der Waals surface area contributed by atoms with Gasteiger partial charge in [0.15, 0.2) is 0 Å². The van der Waals surface area contributed by atoms with E-state index in [9.17, 15) is 19.2 Å². The molecule has 34 heavy (non-hydrogen) atoms. The fraction of sp³-hybridized carbons (Fsp3) is 0.200. The Morgan fingerprint density at radius 2 is 1.94 bits per heavy atom. The maximum atomic E-state index is 13.1. The molecule has 1 amide bonds. The zero-order chi connectivity index (χ0) is 24.5. The molecule has 8 nitrogen and oxygen atoms in total. The van der Waals surface area contributed by atoms with E-state index in [2.05, 4.69) is 10.5 Å². The zero-order valence-electron chi connectivity index (χ0n) is 18.7. The number of nitrogens with zero attached hydrogens (tertiary/aromatic N) is 3. The fourth-order valence-electron chi connectivity index (χ4n) is 3.23. The van der Waals surface area contributed by atoms with Crippen LogP contribution in [0.5, 0.6) is 5.75 Å². The van der Waals surface area contributed by atoms with Gasteiger partial charge in [0.05, 0.1) is 12.8 Å². The van der Waals surface area contributed by atoms with E-state index in [0.717, 1.165) is 5.56 Å². The monoisotopic (exact) mass is 462 g/mol. The molecular weight excluding hydrogens is 439 g/mol. The second kappa shape index (κ2) is 11.5. The molecule has 1 heterocycles. The van der Waals surface area contributed by atoms with Gasteiger partial charge in [-0.25, -0.2) is 9.82 Å². The number of hydrogen-bond acceptors (Lipinski definition) is 6. The first kappa shape index (κ1) is 24.4. The number of para-hydroxylation sites is 1. The van der Waals surface area contributed by atoms with Crippen molar-refractivity contribution in [2.45, 2.75) is 26.7 Å². The normalized spacial score (nSPS) is 10.8. The summed E-state index contributed by atoms with van der Waals surface area (Å²) in [6.45, 7) is 1.73. The van der Waals surface area contributed by atoms with Crippen LogP contribution in [0.1, 0.15) is 27.9 Å². The van der Waals surface area contributed by atoms with Gasteiger partial charge in [0.2, 0.25) is 0 Å². The SMILES string of the molecule is COCc1cc(C)n(CC(=O)N/N=C/c2ccccc2OCc2ccc(F)cc2)c(=O)c1C#N. The maximum Gasteiger partial charge on any atom is 0.269 e. The number of hydrogen-bond donors (Lipinski definition) is 1. The van der Waals surface area contributed by atoms with E-state index < -0.39 is 11.5 Å². The summed E-state index contributed by atoms with van der Waals surface area (Å²) in [5.74, 6) is -0.321. The van der Waals surface area contributed by atoms with Gasteiger partial charge in [0, 0.05) is 23.9 Å². The van der Waals surface area contributed by atoms with Crippen LogP contribution in [0, 0.1) is 24.1 Å². The van der Waals surface area contributed by atoms with Crippen LogP contribution in [-0.4, -0.2) is 23.8 Å². The highest BCUT2D eigenvalue weighted by atomic mass is 19.1. The minimum absolute atomic E-state index is 0.0593. The lowest BCUT2D eigenvalue weighted by Crippen LogP contribution is -2.33. The molecule has 0 radical (unpaired) electrons. The van der Waals surface area contributed by atoms with Crippen LogP contribution in [-0.2, 0) is 29.3 Å². The molecular formula is C25H23FN4O4. The number of carbonyl (C=O) groups is 1. The lowest BCUT2D eigenvalue weighted by Gasteiger charge is -2.12. The largest absolute Gasteiger partial charge is 0.488 e. The minimum atomic E-state index is -0.562. The number of halogens is 1. The van der Waals surface area contributed by atoms with Crippen molar-refractivity contribution in [3.63, 3.8) is 0 Å². The number of aromatic nitrogens is 1. The molecule has 0 aliphatic heterocycles. The molecule has 1 aromatic heterocycles. The summed E-state index contributed by atoms with van der Waals surface area (Å²) in [5.41, 5.74) is 4.18. The van der Waals surface area contributed by atoms with Gasteiger partial charge in [0.25, 0.3) is 11.5 Å². The van der Waals surface area contributed by atoms with Crippen LogP contribution in [0.15, 0.2) is 64.5 Å². The Bertz CT molecular complexity index is 1290. The van der Waals surface area contributed by atoms with E-state index in [1.165, 1.54) is 30.0 Å². The molecule has 2 aromatic carbocycles. The fourth-order valence-corrected chi connectivity index (χ4v) is 3.23. The highest BCUT2D eigenvalue weighted by Gasteiger charge is 2.14. The zero-order valence-corrected chi connectivity index (χ0v) is 18.7. The first-order chi connectivity index (χ1) is 16.4. The maximum absolute atomic E-state index is 13.1. The molecule has 0 saturated heterocycles. The Kier molecular flexibility index (Phi) is 8.26. The van der Waals surface area contributed by atoms with Crippen LogP contribution >= 0.6 is 0 Å². The van der Waals surface area contributed by atoms with E-state index in [1.807, 2.05) is 6.07 Å². The Balaban J connectivity index is 1.66. The molecule has 0 spiro atoms. The van der Waals surface area contributed by atoms with Crippen molar-refractivity contribution in [2.75, 3.05) is 7.11 Å². The number of hydrazone groups is 1. The number of nitriles is 1. The van der Waals surface area contributed by atoms with Crippen molar-refractivity contribution < 1.29 is 18.7 Å². The third kappa shape index (κ3) is 6.15. The van der Waals surface area contributed by atoms with Crippen molar-refractivity contribution in [3.05, 3.63) is 98.7 Å². The van der Waals surface area contributed by atoms with Gasteiger partial charge in [-0.15, -0.1) is 0 Å². The van der Waals surface area contributed by atoms with Gasteiger partial charge in [-0.05, 0) is 42.8 Å². The van der Waals surface area contributed by atoms with Crippen LogP contribution in [0.4, 0.5) is 4.39 Å². The van der Waals surface area contributed by atoms with Gasteiger partial charge in [0.1, 0.15) is 36.4 Å². The number of amides is 1. The molecule has 9 heteroatoms. The molecule has 174 valence electrons. The van der Waals surface area contributed by atoms with Crippen molar-refractivity contribution in [1.82, 2.24) is 9.99 Å². The molecule has 0 fully saturated rings. The Labute approximate surface area is 195 Å². The van der Waals surface area contributed by atoms with Crippen molar-refractivity contribution in [2.24, 2.45) is 5.10 Å². The summed E-state index contributed by atoms with van der Waals surface area (Å²) in [6.07, 6.45) is 1.43. The quantitative estimate of drug-likeness (QED) is 0.389. The van der Waals surface area contributed by atoms with Gasteiger partial charge in [-0.1, -0.05) is 24.3 Å². The Morgan fingerprint density at radius 1 is 1.21 bits per heavy atom. The van der Waals surface area contributed by atoms with Gasteiger partial charge >= 0.3 is 0 Å². The van der Waals surface area contributed by atoms with Crippen LogP contribution in [0.3, 0.4) is 0 Å². The average molecular weight is 462 g/mol. The topological polar surface area (TPSA) is 106 Å². The second-order valence-corrected chi connectivity index (χ2v) is 7.37. The molecule has 1 N–H and O–H groups in total. The van der Waals surface area contributed by atoms with E-state index in [0.29, 0.717) is 22.6 Å². The smallest absolute Gasteiger partial charge is 0.269 e. The van der Waals surface area contributed by atoms with Crippen molar-refractivity contribution in [1.29, 1.82) is 5.26 Å². The summed E-state index contributed by atoms with van der Waals surface area (Å²) < 4.78 is 25.1. The Morgan fingerprint density at radius 3 is 2.65 bits per heavy atom. The van der Waals surface area contributed by atoms with Crippen molar-refractivity contribution in [3.8, 4) is 11.8 Å². The average Bonchev–Trinajstić information content (AvgIpc) is 2.82. The molecule has 3 rings (SSSR count). The highest BCUT2D eigenvalue weighted by molar-refractivity contribution is 5.85. The molecule has 3 aromatic rings. The van der Waals surface area contributed by atoms with E-state index >= 15 is 0 Å². The number of carbonyl (C=O) groups excluding carboxylic acids is 1. The third-order valence-electron chi connectivity index (χ3n) is 4.92. The first-order valence-corrected chi connectivity index (χ1v) is 10.3. The molecule has 0 saturated carbocycles. The van der Waals surface area contributed by atoms with E-state index in [1.54, 1.807) is 49.4 Å². The molecule has 0 atom stereocenters. The predicted molar refractivity (Wildman–Crippen MR) is 124 cm³/mol. The summed E-state index contributed by atoms with van der Waals surface area (Å²) in [6, 6.07) is 16.6. The molecule has 0 aliphatic rings. The number of aryl methyl sites for hydroxylation is 1. The van der Waals surface area contributed by atoms with Gasteiger partial charge in [-0.2, -0.15) is 10.4 Å². The minimum Gasteiger partial charge on any atom is -0.488 e. The number of rotatable bonds is 9. The molecule has 0 bridgehead atoms. The number of nitrogens with one attached hydrogen (secondary N) is 1. The van der Waals surface area contributed by atoms with Gasteiger partial charge in [-0.3, -0.25) is 9.59 Å². The Hall–Kier alpha value is -4.29. The highest BCUT2D eigenvalue weighted by Crippen LogP contribution is 2.18. The third-order valence-corrected chi connectivity index (χ3v) is 4.92. The van der Waals surface area contributed by atoms with Crippen LogP contribution < -0.4 is 15.7 Å². The van der Waals surface area contributed by atoms with E-state index in [4.69, 9.17) is 9.47 Å². The summed E-state index contributed by atoms with van der Waals surface area (Å²) in [7, 11) is 1.47. The number of ether oxygens (including phenoxy) is 2. The second-order valence-electron chi connectivity index (χ2n) is 7.37. The standard InChI is InChI=1S/C25H23FN4O4/c1-17-11-20(16-33-2)22(12-27)25(32)30(17)14-24(31)29-28-13-19-5-3-4-6-23(19)34-15-18-7-9-21(26)10-8-18/h3-11,13H,14-16H2,1-2H3,(H,29,31)/b28-13+. The van der Waals surface area contributed by atoms with Crippen LogP contribution in [0.2, 0.25) is 0 Å². The lowest BCUT2D eigenvalue weighted by molar-refractivity contribution is -0.121. The first-order valence-electron chi connectivity index (χ1n) is 10.3. The number of benzene rings is 2. The van der Waals surface area contributed by atoms with Crippen LogP contribution in [0.25, 0.3) is 0 Å². The predicted octanol–water partition coefficient (Wildman–Crippen LogP) is 3.04. The molecule has 0 aliphatic carbocycles. The van der Waals surface area contributed by atoms with E-state index in [-0.39, 0.29) is 31.1 Å². The lowest BCUT2D eigenvalue weighted by atomic mass is 10.1. The number of pyridine rings is 1. The van der Waals surface area contributed by atoms with Gasteiger partial charge < -0.3 is 14.0 Å². The molecule has 0 unspecified atom stereocenters. The number of methoxy groups -OCH3 is 1. The summed E-state index contributed by atoms with van der Waals surface area (Å²) >= 11 is 0. The summed E-state index contributed by atoms with van der Waals surface area (Å²) in [4.78, 5) is 25.0. The van der Waals surface area contributed by atoms with Crippen molar-refractivity contribution >= 4 is 12.1 Å². The summed E-state index contributed by atoms with van der Waals surface area (Å²) in [5, 5.41) is 13.3.